The first-order chi connectivity index (χ1) is 26.1. The van der Waals surface area contributed by atoms with Crippen molar-refractivity contribution >= 4 is 39.0 Å². The van der Waals surface area contributed by atoms with Gasteiger partial charge < -0.3 is 9.32 Å². The van der Waals surface area contributed by atoms with Gasteiger partial charge >= 0.3 is 0 Å². The number of nitrogens with zero attached hydrogens (tertiary/aromatic N) is 1. The van der Waals surface area contributed by atoms with Gasteiger partial charge in [-0.25, -0.2) is 0 Å². The Balaban J connectivity index is 1.33. The number of anilines is 3. The molecule has 0 fully saturated rings. The molecule has 0 bridgehead atoms. The molecule has 1 heterocycles. The summed E-state index contributed by atoms with van der Waals surface area (Å²) in [6.07, 6.45) is 0. The maximum atomic E-state index is 6.60. The van der Waals surface area contributed by atoms with Gasteiger partial charge in [-0.05, 0) is 92.5 Å². The molecule has 0 atom stereocenters. The van der Waals surface area contributed by atoms with Crippen LogP contribution in [0.1, 0.15) is 25.0 Å². The smallest absolute Gasteiger partial charge is 0.137 e. The average Bonchev–Trinajstić information content (AvgIpc) is 3.71. The Labute approximate surface area is 310 Å². The van der Waals surface area contributed by atoms with Gasteiger partial charge in [-0.3, -0.25) is 0 Å². The minimum absolute atomic E-state index is 0.203. The van der Waals surface area contributed by atoms with Gasteiger partial charge in [0.05, 0.1) is 11.1 Å². The first kappa shape index (κ1) is 31.1. The summed E-state index contributed by atoms with van der Waals surface area (Å²) in [5.74, 6) is 0. The first-order valence-corrected chi connectivity index (χ1v) is 18.4. The summed E-state index contributed by atoms with van der Waals surface area (Å²) >= 11 is 0. The highest BCUT2D eigenvalue weighted by Gasteiger charge is 2.38. The lowest BCUT2D eigenvalue weighted by molar-refractivity contribution is 0.660. The molecule has 53 heavy (non-hydrogen) atoms. The number of fused-ring (bicyclic) bond motifs is 6. The molecule has 0 radical (unpaired) electrons. The molecule has 0 saturated carbocycles. The van der Waals surface area contributed by atoms with Crippen LogP contribution in [0, 0.1) is 0 Å². The monoisotopic (exact) mass is 679 g/mol. The molecule has 8 aromatic carbocycles. The van der Waals surface area contributed by atoms with Crippen LogP contribution in [0.5, 0.6) is 0 Å². The van der Waals surface area contributed by atoms with Crippen LogP contribution < -0.4 is 4.90 Å². The highest BCUT2D eigenvalue weighted by atomic mass is 16.3. The Hall–Kier alpha value is -6.64. The van der Waals surface area contributed by atoms with Crippen LogP contribution in [0.2, 0.25) is 0 Å². The number of hydrogen-bond acceptors (Lipinski definition) is 2. The average molecular weight is 680 g/mol. The van der Waals surface area contributed by atoms with E-state index in [9.17, 15) is 0 Å². The van der Waals surface area contributed by atoms with E-state index < -0.39 is 0 Å². The summed E-state index contributed by atoms with van der Waals surface area (Å²) < 4.78 is 6.60. The number of hydrogen-bond donors (Lipinski definition) is 0. The van der Waals surface area contributed by atoms with E-state index in [0.717, 1.165) is 50.1 Å². The molecule has 10 rings (SSSR count). The van der Waals surface area contributed by atoms with Crippen molar-refractivity contribution in [3.8, 4) is 44.5 Å². The second-order valence-corrected chi connectivity index (χ2v) is 14.5. The second-order valence-electron chi connectivity index (χ2n) is 14.5. The minimum Gasteiger partial charge on any atom is -0.456 e. The quantitative estimate of drug-likeness (QED) is 0.174. The van der Waals surface area contributed by atoms with Crippen LogP contribution in [0.25, 0.3) is 66.4 Å². The van der Waals surface area contributed by atoms with E-state index in [-0.39, 0.29) is 5.41 Å². The molecule has 0 spiro atoms. The SMILES string of the molecule is CC1(C)c2ccccc2-c2c(-c3ccccc3)cc(N(c3ccc(-c4ccccc4)cc3)c3c(-c4ccccc4)ccc4oc5ccccc5c34)cc21. The van der Waals surface area contributed by atoms with Crippen molar-refractivity contribution in [3.63, 3.8) is 0 Å². The molecular formula is C51H37NO. The Morgan fingerprint density at radius 1 is 0.415 bits per heavy atom. The topological polar surface area (TPSA) is 16.4 Å². The lowest BCUT2D eigenvalue weighted by Crippen LogP contribution is -2.17. The van der Waals surface area contributed by atoms with E-state index in [1.165, 1.54) is 44.5 Å². The van der Waals surface area contributed by atoms with Gasteiger partial charge in [0, 0.05) is 27.7 Å². The normalized spacial score (nSPS) is 12.9. The maximum Gasteiger partial charge on any atom is 0.137 e. The lowest BCUT2D eigenvalue weighted by Gasteiger charge is -2.31. The summed E-state index contributed by atoms with van der Waals surface area (Å²) in [6.45, 7) is 4.74. The lowest BCUT2D eigenvalue weighted by atomic mass is 9.81. The molecule has 252 valence electrons. The zero-order valence-electron chi connectivity index (χ0n) is 29.8. The van der Waals surface area contributed by atoms with Crippen LogP contribution in [-0.2, 0) is 5.41 Å². The molecule has 2 heteroatoms. The van der Waals surface area contributed by atoms with Crippen LogP contribution in [0.4, 0.5) is 17.1 Å². The molecule has 2 nitrogen and oxygen atoms in total. The predicted molar refractivity (Wildman–Crippen MR) is 222 cm³/mol. The van der Waals surface area contributed by atoms with E-state index in [1.807, 2.05) is 0 Å². The zero-order chi connectivity index (χ0) is 35.5. The molecule has 1 aromatic heterocycles. The maximum absolute atomic E-state index is 6.60. The van der Waals surface area contributed by atoms with E-state index in [0.29, 0.717) is 0 Å². The fourth-order valence-corrected chi connectivity index (χ4v) is 8.50. The van der Waals surface area contributed by atoms with E-state index >= 15 is 0 Å². The van der Waals surface area contributed by atoms with Crippen molar-refractivity contribution in [2.24, 2.45) is 0 Å². The molecule has 0 N–H and O–H groups in total. The Kier molecular flexibility index (Phi) is 7.19. The van der Waals surface area contributed by atoms with Crippen molar-refractivity contribution in [2.45, 2.75) is 19.3 Å². The van der Waals surface area contributed by atoms with Crippen molar-refractivity contribution in [1.29, 1.82) is 0 Å². The summed E-state index contributed by atoms with van der Waals surface area (Å²) in [5.41, 5.74) is 17.2. The van der Waals surface area contributed by atoms with Crippen molar-refractivity contribution < 1.29 is 4.42 Å². The fourth-order valence-electron chi connectivity index (χ4n) is 8.50. The largest absolute Gasteiger partial charge is 0.456 e. The molecule has 1 aliphatic carbocycles. The molecule has 0 amide bonds. The van der Waals surface area contributed by atoms with Gasteiger partial charge in [-0.15, -0.1) is 0 Å². The Morgan fingerprint density at radius 3 is 1.72 bits per heavy atom. The van der Waals surface area contributed by atoms with Gasteiger partial charge in [0.25, 0.3) is 0 Å². The fraction of sp³-hybridized carbons (Fsp3) is 0.0588. The molecule has 1 aliphatic rings. The summed E-state index contributed by atoms with van der Waals surface area (Å²) in [6, 6.07) is 67.9. The van der Waals surface area contributed by atoms with Crippen LogP contribution in [-0.4, -0.2) is 0 Å². The van der Waals surface area contributed by atoms with E-state index in [2.05, 4.69) is 207 Å². The third-order valence-corrected chi connectivity index (χ3v) is 11.1. The Bertz CT molecular complexity index is 2780. The third kappa shape index (κ3) is 5.02. The summed E-state index contributed by atoms with van der Waals surface area (Å²) in [5, 5.41) is 2.19. The molecule has 0 aliphatic heterocycles. The standard InChI is InChI=1S/C51H37NO/c1-51(2)44-24-14-12-22-41(44)48-43(37-20-10-5-11-21-37)32-39(33-45(48)51)52(38-28-26-35(27-29-38)34-16-6-3-7-17-34)50-40(36-18-8-4-9-19-36)30-31-47-49(50)42-23-13-15-25-46(42)53-47/h3-33H,1-2H3. The van der Waals surface area contributed by atoms with E-state index in [1.54, 1.807) is 0 Å². The molecule has 0 unspecified atom stereocenters. The number of para-hydroxylation sites is 1. The van der Waals surface area contributed by atoms with Gasteiger partial charge in [-0.2, -0.15) is 0 Å². The minimum atomic E-state index is -0.203. The van der Waals surface area contributed by atoms with Gasteiger partial charge in [0.2, 0.25) is 0 Å². The third-order valence-electron chi connectivity index (χ3n) is 11.1. The number of benzene rings is 8. The van der Waals surface area contributed by atoms with Crippen LogP contribution >= 0.6 is 0 Å². The van der Waals surface area contributed by atoms with Gasteiger partial charge in [-0.1, -0.05) is 159 Å². The predicted octanol–water partition coefficient (Wildman–Crippen LogP) is 14.4. The Morgan fingerprint density at radius 2 is 1.00 bits per heavy atom. The number of rotatable bonds is 6. The second kappa shape index (κ2) is 12.3. The zero-order valence-corrected chi connectivity index (χ0v) is 29.8. The van der Waals surface area contributed by atoms with Crippen molar-refractivity contribution in [3.05, 3.63) is 199 Å². The van der Waals surface area contributed by atoms with Gasteiger partial charge in [0.15, 0.2) is 0 Å². The molecular weight excluding hydrogens is 643 g/mol. The van der Waals surface area contributed by atoms with Gasteiger partial charge in [0.1, 0.15) is 11.2 Å². The molecule has 0 saturated heterocycles. The summed E-state index contributed by atoms with van der Waals surface area (Å²) in [7, 11) is 0. The first-order valence-electron chi connectivity index (χ1n) is 18.4. The van der Waals surface area contributed by atoms with Crippen molar-refractivity contribution in [1.82, 2.24) is 0 Å². The van der Waals surface area contributed by atoms with Crippen molar-refractivity contribution in [2.75, 3.05) is 4.90 Å². The highest BCUT2D eigenvalue weighted by Crippen LogP contribution is 2.56. The van der Waals surface area contributed by atoms with Crippen LogP contribution in [0.3, 0.4) is 0 Å². The number of furan rings is 1. The highest BCUT2D eigenvalue weighted by molar-refractivity contribution is 6.17. The van der Waals surface area contributed by atoms with E-state index in [4.69, 9.17) is 4.42 Å². The summed E-state index contributed by atoms with van der Waals surface area (Å²) in [4.78, 5) is 2.48. The molecule has 9 aromatic rings. The van der Waals surface area contributed by atoms with Crippen LogP contribution in [0.15, 0.2) is 192 Å².